The molecule has 1 fully saturated rings. The molecule has 2 heterocycles. The molecule has 0 saturated carbocycles. The molecule has 0 spiro atoms. The third-order valence-corrected chi connectivity index (χ3v) is 7.42. The van der Waals surface area contributed by atoms with Gasteiger partial charge in [-0.25, -0.2) is 8.42 Å². The molecular weight excluding hydrogens is 384 g/mol. The van der Waals surface area contributed by atoms with E-state index in [1.165, 1.54) is 11.1 Å². The number of carbonyl (C=O) groups excluding carboxylic acids is 1. The van der Waals surface area contributed by atoms with E-state index in [4.69, 9.17) is 0 Å². The Kier molecular flexibility index (Phi) is 5.83. The van der Waals surface area contributed by atoms with Gasteiger partial charge in [0, 0.05) is 18.8 Å². The number of para-hydroxylation sites is 1. The molecule has 1 atom stereocenters. The van der Waals surface area contributed by atoms with E-state index in [0.717, 1.165) is 25.2 Å². The first kappa shape index (κ1) is 19.9. The zero-order valence-electron chi connectivity index (χ0n) is 16.4. The number of nitrogens with zero attached hydrogens (tertiary/aromatic N) is 2. The van der Waals surface area contributed by atoms with E-state index in [9.17, 15) is 13.2 Å². The minimum absolute atomic E-state index is 0.0325. The lowest BCUT2D eigenvalue weighted by molar-refractivity contribution is -0.120. The van der Waals surface area contributed by atoms with Gasteiger partial charge in [0.2, 0.25) is 5.91 Å². The van der Waals surface area contributed by atoms with Crippen molar-refractivity contribution >= 4 is 27.0 Å². The highest BCUT2D eigenvalue weighted by molar-refractivity contribution is 7.91. The van der Waals surface area contributed by atoms with Crippen LogP contribution in [0.2, 0.25) is 0 Å². The fraction of sp³-hybridized carbons (Fsp3) is 0.348. The topological polar surface area (TPSA) is 57.7 Å². The van der Waals surface area contributed by atoms with Crippen LogP contribution in [0.15, 0.2) is 66.7 Å². The highest BCUT2D eigenvalue weighted by Crippen LogP contribution is 2.26. The van der Waals surface area contributed by atoms with Crippen molar-refractivity contribution in [1.29, 1.82) is 0 Å². The van der Waals surface area contributed by atoms with Crippen molar-refractivity contribution in [1.82, 2.24) is 4.90 Å². The van der Waals surface area contributed by atoms with E-state index in [1.54, 1.807) is 4.90 Å². The van der Waals surface area contributed by atoms with E-state index in [-0.39, 0.29) is 23.5 Å². The van der Waals surface area contributed by atoms with Crippen LogP contribution in [-0.4, -0.2) is 56.4 Å². The van der Waals surface area contributed by atoms with E-state index in [1.807, 2.05) is 48.5 Å². The number of anilines is 1. The molecule has 1 saturated heterocycles. The van der Waals surface area contributed by atoms with Gasteiger partial charge in [0.1, 0.15) is 0 Å². The Bertz CT molecular complexity index is 987. The lowest BCUT2D eigenvalue weighted by Gasteiger charge is -2.32. The zero-order valence-corrected chi connectivity index (χ0v) is 17.2. The summed E-state index contributed by atoms with van der Waals surface area (Å²) in [6, 6.07) is 19.5. The fourth-order valence-electron chi connectivity index (χ4n) is 4.16. The number of rotatable bonds is 5. The fourth-order valence-corrected chi connectivity index (χ4v) is 5.86. The Hall–Kier alpha value is -2.44. The van der Waals surface area contributed by atoms with Gasteiger partial charge in [0.05, 0.1) is 24.1 Å². The van der Waals surface area contributed by atoms with Crippen molar-refractivity contribution in [2.45, 2.75) is 18.9 Å². The Morgan fingerprint density at radius 1 is 1.03 bits per heavy atom. The third kappa shape index (κ3) is 4.77. The monoisotopic (exact) mass is 410 g/mol. The maximum Gasteiger partial charge on any atom is 0.241 e. The molecule has 2 aromatic carbocycles. The molecule has 4 rings (SSSR count). The van der Waals surface area contributed by atoms with Crippen molar-refractivity contribution in [3.63, 3.8) is 0 Å². The number of carbonyl (C=O) groups is 1. The van der Waals surface area contributed by atoms with Crippen molar-refractivity contribution in [2.75, 3.05) is 36.0 Å². The van der Waals surface area contributed by atoms with Crippen LogP contribution in [0.4, 0.5) is 5.69 Å². The Balaban J connectivity index is 1.47. The molecule has 6 heteroatoms. The predicted octanol–water partition coefficient (Wildman–Crippen LogP) is 3.00. The third-order valence-electron chi connectivity index (χ3n) is 5.67. The van der Waals surface area contributed by atoms with Crippen molar-refractivity contribution in [2.24, 2.45) is 0 Å². The quantitative estimate of drug-likeness (QED) is 0.760. The molecule has 0 bridgehead atoms. The molecule has 2 aromatic rings. The summed E-state index contributed by atoms with van der Waals surface area (Å²) in [4.78, 5) is 17.1. The number of amides is 1. The van der Waals surface area contributed by atoms with Gasteiger partial charge in [-0.15, -0.1) is 0 Å². The van der Waals surface area contributed by atoms with E-state index >= 15 is 0 Å². The van der Waals surface area contributed by atoms with Gasteiger partial charge < -0.3 is 4.90 Å². The van der Waals surface area contributed by atoms with Gasteiger partial charge >= 0.3 is 0 Å². The predicted molar refractivity (Wildman–Crippen MR) is 116 cm³/mol. The second kappa shape index (κ2) is 8.51. The first-order valence-corrected chi connectivity index (χ1v) is 11.9. The molecule has 0 N–H and O–H groups in total. The molecule has 29 heavy (non-hydrogen) atoms. The summed E-state index contributed by atoms with van der Waals surface area (Å²) in [6.45, 7) is 1.84. The zero-order chi connectivity index (χ0) is 20.3. The summed E-state index contributed by atoms with van der Waals surface area (Å²) >= 11 is 0. The maximum absolute atomic E-state index is 13.2. The highest BCUT2D eigenvalue weighted by Gasteiger charge is 2.36. The van der Waals surface area contributed by atoms with Crippen LogP contribution < -0.4 is 4.90 Å². The summed E-state index contributed by atoms with van der Waals surface area (Å²) in [5, 5.41) is 0. The minimum atomic E-state index is -3.07. The van der Waals surface area contributed by atoms with E-state index < -0.39 is 9.84 Å². The molecule has 0 unspecified atom stereocenters. The first-order chi connectivity index (χ1) is 14.0. The van der Waals surface area contributed by atoms with Crippen molar-refractivity contribution in [3.05, 3.63) is 72.3 Å². The van der Waals surface area contributed by atoms with Crippen LogP contribution in [0.25, 0.3) is 5.57 Å². The van der Waals surface area contributed by atoms with Crippen LogP contribution in [-0.2, 0) is 14.6 Å². The van der Waals surface area contributed by atoms with Crippen LogP contribution in [0.1, 0.15) is 18.4 Å². The van der Waals surface area contributed by atoms with Crippen LogP contribution >= 0.6 is 0 Å². The second-order valence-electron chi connectivity index (χ2n) is 7.74. The van der Waals surface area contributed by atoms with Gasteiger partial charge in [0.25, 0.3) is 0 Å². The Labute approximate surface area is 172 Å². The number of hydrogen-bond donors (Lipinski definition) is 0. The molecule has 2 aliphatic heterocycles. The second-order valence-corrected chi connectivity index (χ2v) is 9.97. The van der Waals surface area contributed by atoms with E-state index in [0.29, 0.717) is 13.0 Å². The lowest BCUT2D eigenvalue weighted by Crippen LogP contribution is -2.47. The van der Waals surface area contributed by atoms with Gasteiger partial charge in [-0.1, -0.05) is 54.6 Å². The summed E-state index contributed by atoms with van der Waals surface area (Å²) in [5.41, 5.74) is 3.33. The average Bonchev–Trinajstić information content (AvgIpc) is 3.09. The molecule has 0 radical (unpaired) electrons. The number of sulfone groups is 1. The molecule has 152 valence electrons. The van der Waals surface area contributed by atoms with Gasteiger partial charge in [0.15, 0.2) is 9.84 Å². The van der Waals surface area contributed by atoms with Gasteiger partial charge in [-0.2, -0.15) is 0 Å². The van der Waals surface area contributed by atoms with E-state index in [2.05, 4.69) is 23.1 Å². The molecule has 0 aliphatic carbocycles. The maximum atomic E-state index is 13.2. The van der Waals surface area contributed by atoms with Gasteiger partial charge in [-0.3, -0.25) is 9.69 Å². The largest absolute Gasteiger partial charge is 0.307 e. The molecule has 2 aliphatic rings. The number of hydrogen-bond acceptors (Lipinski definition) is 4. The minimum Gasteiger partial charge on any atom is -0.307 e. The molecular formula is C23H26N2O3S. The summed E-state index contributed by atoms with van der Waals surface area (Å²) in [6.07, 6.45) is 3.60. The van der Waals surface area contributed by atoms with Crippen LogP contribution in [0.5, 0.6) is 0 Å². The first-order valence-electron chi connectivity index (χ1n) is 10.1. The normalized spacial score (nSPS) is 21.5. The Morgan fingerprint density at radius 2 is 1.72 bits per heavy atom. The Morgan fingerprint density at radius 3 is 2.31 bits per heavy atom. The summed E-state index contributed by atoms with van der Waals surface area (Å²) in [5.74, 6) is 0.169. The van der Waals surface area contributed by atoms with Crippen molar-refractivity contribution < 1.29 is 13.2 Å². The molecule has 5 nitrogen and oxygen atoms in total. The smallest absolute Gasteiger partial charge is 0.241 e. The lowest BCUT2D eigenvalue weighted by atomic mass is 9.99. The van der Waals surface area contributed by atoms with Crippen LogP contribution in [0, 0.1) is 0 Å². The average molecular weight is 411 g/mol. The standard InChI is InChI=1S/C23H26N2O3S/c26-23(17-24-14-11-20(12-15-24)19-7-3-1-4-8-19)25(21-9-5-2-6-10-21)22-13-16-29(27,28)18-22/h1-11,22H,12-18H2/t22-/m1/s1. The van der Waals surface area contributed by atoms with Crippen molar-refractivity contribution in [3.8, 4) is 0 Å². The SMILES string of the molecule is O=C(CN1CC=C(c2ccccc2)CC1)N(c1ccccc1)[C@@H]1CCS(=O)(=O)C1. The summed E-state index contributed by atoms with van der Waals surface area (Å²) < 4.78 is 24.0. The molecule has 0 aromatic heterocycles. The summed E-state index contributed by atoms with van der Waals surface area (Å²) in [7, 11) is -3.07. The number of benzene rings is 2. The van der Waals surface area contributed by atoms with Crippen LogP contribution in [0.3, 0.4) is 0 Å². The van der Waals surface area contributed by atoms with Gasteiger partial charge in [-0.05, 0) is 36.1 Å². The highest BCUT2D eigenvalue weighted by atomic mass is 32.2. The molecule has 1 amide bonds.